The van der Waals surface area contributed by atoms with Crippen LogP contribution < -0.4 is 10.9 Å². The highest BCUT2D eigenvalue weighted by Gasteiger charge is 2.16. The van der Waals surface area contributed by atoms with Gasteiger partial charge in [-0.2, -0.15) is 5.10 Å². The van der Waals surface area contributed by atoms with Crippen LogP contribution >= 0.6 is 0 Å². The Hall–Kier alpha value is -3.76. The summed E-state index contributed by atoms with van der Waals surface area (Å²) in [5.74, 6) is -5.41. The molecule has 1 aromatic carbocycles. The number of fused-ring (bicyclic) bond motifs is 3. The maximum atomic E-state index is 13.6. The smallest absolute Gasteiger partial charge is 0.281 e. The zero-order valence-corrected chi connectivity index (χ0v) is 13.4. The molecule has 0 saturated heterocycles. The summed E-state index contributed by atoms with van der Waals surface area (Å²) in [7, 11) is 0. The molecule has 4 aromatic rings. The second-order valence-electron chi connectivity index (χ2n) is 5.55. The third-order valence-corrected chi connectivity index (χ3v) is 3.85. The lowest BCUT2D eigenvalue weighted by atomic mass is 10.2. The normalized spacial score (nSPS) is 11.2. The monoisotopic (exact) mass is 374 g/mol. The van der Waals surface area contributed by atoms with Crippen LogP contribution in [0.1, 0.15) is 0 Å². The SMILES string of the molecule is O=C(Cn1ccc2c(nnc3ccnn32)c1=O)Nc1ccc(F)c(F)c1F. The maximum Gasteiger partial charge on any atom is 0.281 e. The van der Waals surface area contributed by atoms with E-state index in [-0.39, 0.29) is 5.52 Å². The minimum Gasteiger partial charge on any atom is -0.322 e. The number of pyridine rings is 1. The van der Waals surface area contributed by atoms with Crippen LogP contribution in [0.4, 0.5) is 18.9 Å². The number of rotatable bonds is 3. The number of amides is 1. The Balaban J connectivity index is 1.64. The average molecular weight is 374 g/mol. The summed E-state index contributed by atoms with van der Waals surface area (Å²) in [6, 6.07) is 4.70. The van der Waals surface area contributed by atoms with Crippen molar-refractivity contribution in [3.63, 3.8) is 0 Å². The van der Waals surface area contributed by atoms with Crippen molar-refractivity contribution in [2.24, 2.45) is 0 Å². The van der Waals surface area contributed by atoms with Crippen LogP contribution in [0.2, 0.25) is 0 Å². The number of anilines is 1. The number of benzene rings is 1. The summed E-state index contributed by atoms with van der Waals surface area (Å²) in [5.41, 5.74) is -0.311. The van der Waals surface area contributed by atoms with Gasteiger partial charge in [0.05, 0.1) is 11.9 Å². The second-order valence-corrected chi connectivity index (χ2v) is 5.55. The molecule has 0 bridgehead atoms. The molecule has 27 heavy (non-hydrogen) atoms. The van der Waals surface area contributed by atoms with E-state index in [4.69, 9.17) is 0 Å². The molecular formula is C16H9F3N6O2. The second kappa shape index (κ2) is 6.20. The molecule has 0 aliphatic rings. The molecule has 0 spiro atoms. The van der Waals surface area contributed by atoms with Gasteiger partial charge in [0, 0.05) is 12.3 Å². The zero-order valence-electron chi connectivity index (χ0n) is 13.4. The van der Waals surface area contributed by atoms with Crippen molar-refractivity contribution in [2.75, 3.05) is 5.32 Å². The molecule has 136 valence electrons. The van der Waals surface area contributed by atoms with E-state index < -0.39 is 41.2 Å². The zero-order chi connectivity index (χ0) is 19.1. The molecular weight excluding hydrogens is 365 g/mol. The fraction of sp³-hybridized carbons (Fsp3) is 0.0625. The first kappa shape index (κ1) is 16.7. The van der Waals surface area contributed by atoms with Gasteiger partial charge in [-0.25, -0.2) is 17.7 Å². The lowest BCUT2D eigenvalue weighted by Gasteiger charge is -2.09. The van der Waals surface area contributed by atoms with Gasteiger partial charge < -0.3 is 9.88 Å². The van der Waals surface area contributed by atoms with E-state index in [1.807, 2.05) is 0 Å². The molecule has 0 atom stereocenters. The molecule has 0 aliphatic carbocycles. The third-order valence-electron chi connectivity index (χ3n) is 3.85. The molecule has 0 saturated carbocycles. The van der Waals surface area contributed by atoms with Crippen molar-refractivity contribution < 1.29 is 18.0 Å². The van der Waals surface area contributed by atoms with Gasteiger partial charge >= 0.3 is 0 Å². The molecule has 0 radical (unpaired) electrons. The van der Waals surface area contributed by atoms with E-state index in [2.05, 4.69) is 20.6 Å². The first-order valence-corrected chi connectivity index (χ1v) is 7.58. The van der Waals surface area contributed by atoms with Gasteiger partial charge in [0.15, 0.2) is 28.6 Å². The fourth-order valence-corrected chi connectivity index (χ4v) is 2.57. The molecule has 0 unspecified atom stereocenters. The van der Waals surface area contributed by atoms with E-state index in [0.29, 0.717) is 17.2 Å². The number of hydrogen-bond acceptors (Lipinski definition) is 5. The molecule has 1 amide bonds. The predicted octanol–water partition coefficient (Wildman–Crippen LogP) is 1.50. The summed E-state index contributed by atoms with van der Waals surface area (Å²) in [6.45, 7) is -0.494. The Morgan fingerprint density at radius 2 is 1.89 bits per heavy atom. The van der Waals surface area contributed by atoms with Crippen LogP contribution in [-0.4, -0.2) is 30.3 Å². The highest BCUT2D eigenvalue weighted by Crippen LogP contribution is 2.19. The van der Waals surface area contributed by atoms with Crippen molar-refractivity contribution in [3.05, 3.63) is 64.5 Å². The van der Waals surface area contributed by atoms with Crippen LogP contribution in [0.15, 0.2) is 41.5 Å². The lowest BCUT2D eigenvalue weighted by molar-refractivity contribution is -0.116. The molecule has 3 aromatic heterocycles. The summed E-state index contributed by atoms with van der Waals surface area (Å²) < 4.78 is 42.3. The standard InChI is InChI=1S/C16H9F3N6O2/c17-8-1-2-9(14(19)13(8)18)21-12(26)7-24-6-4-10-15(16(24)27)23-22-11-3-5-20-25(10)11/h1-6H,7H2,(H,21,26). The number of carbonyl (C=O) groups excluding carboxylic acids is 1. The Morgan fingerprint density at radius 3 is 2.70 bits per heavy atom. The highest BCUT2D eigenvalue weighted by molar-refractivity contribution is 5.90. The van der Waals surface area contributed by atoms with Gasteiger partial charge in [0.1, 0.15) is 12.1 Å². The van der Waals surface area contributed by atoms with Crippen LogP contribution in [0.5, 0.6) is 0 Å². The molecule has 4 rings (SSSR count). The van der Waals surface area contributed by atoms with Gasteiger partial charge in [-0.1, -0.05) is 0 Å². The van der Waals surface area contributed by atoms with Crippen molar-refractivity contribution in [1.82, 2.24) is 24.4 Å². The minimum atomic E-state index is -1.70. The summed E-state index contributed by atoms with van der Waals surface area (Å²) in [4.78, 5) is 24.6. The minimum absolute atomic E-state index is 0.0134. The Labute approximate surface area is 147 Å². The molecule has 0 fully saturated rings. The van der Waals surface area contributed by atoms with Gasteiger partial charge in [0.2, 0.25) is 5.91 Å². The lowest BCUT2D eigenvalue weighted by Crippen LogP contribution is -2.28. The summed E-state index contributed by atoms with van der Waals surface area (Å²) in [5, 5.41) is 13.8. The van der Waals surface area contributed by atoms with E-state index in [1.54, 1.807) is 6.07 Å². The third kappa shape index (κ3) is 2.78. The number of aromatic nitrogens is 5. The highest BCUT2D eigenvalue weighted by atomic mass is 19.2. The number of carbonyl (C=O) groups is 1. The van der Waals surface area contributed by atoms with Crippen molar-refractivity contribution in [3.8, 4) is 0 Å². The average Bonchev–Trinajstić information content (AvgIpc) is 3.13. The number of nitrogens with one attached hydrogen (secondary N) is 1. The van der Waals surface area contributed by atoms with Gasteiger partial charge in [-0.05, 0) is 18.2 Å². The molecule has 11 heteroatoms. The van der Waals surface area contributed by atoms with Gasteiger partial charge in [-0.3, -0.25) is 9.59 Å². The molecule has 8 nitrogen and oxygen atoms in total. The van der Waals surface area contributed by atoms with Crippen LogP contribution in [-0.2, 0) is 11.3 Å². The van der Waals surface area contributed by atoms with Crippen LogP contribution in [0.25, 0.3) is 16.7 Å². The summed E-state index contributed by atoms with van der Waals surface area (Å²) in [6.07, 6.45) is 2.84. The van der Waals surface area contributed by atoms with Crippen LogP contribution in [0.3, 0.4) is 0 Å². The van der Waals surface area contributed by atoms with Gasteiger partial charge in [0.25, 0.3) is 5.56 Å². The van der Waals surface area contributed by atoms with Crippen molar-refractivity contribution in [2.45, 2.75) is 6.54 Å². The molecule has 1 N–H and O–H groups in total. The van der Waals surface area contributed by atoms with E-state index in [0.717, 1.165) is 10.6 Å². The van der Waals surface area contributed by atoms with E-state index >= 15 is 0 Å². The number of halogens is 3. The number of hydrogen-bond donors (Lipinski definition) is 1. The molecule has 0 aliphatic heterocycles. The Kier molecular flexibility index (Phi) is 3.83. The Bertz CT molecular complexity index is 1270. The van der Waals surface area contributed by atoms with E-state index in [9.17, 15) is 22.8 Å². The topological polar surface area (TPSA) is 94.2 Å². The predicted molar refractivity (Wildman–Crippen MR) is 87.5 cm³/mol. The van der Waals surface area contributed by atoms with Crippen LogP contribution in [0, 0.1) is 17.5 Å². The van der Waals surface area contributed by atoms with E-state index in [1.165, 1.54) is 23.0 Å². The first-order chi connectivity index (χ1) is 13.0. The summed E-state index contributed by atoms with van der Waals surface area (Å²) >= 11 is 0. The largest absolute Gasteiger partial charge is 0.322 e. The van der Waals surface area contributed by atoms with Gasteiger partial charge in [-0.15, -0.1) is 10.2 Å². The van der Waals surface area contributed by atoms with Crippen molar-refractivity contribution >= 4 is 28.3 Å². The maximum absolute atomic E-state index is 13.6. The first-order valence-electron chi connectivity index (χ1n) is 7.58. The Morgan fingerprint density at radius 1 is 1.07 bits per heavy atom. The number of nitrogens with zero attached hydrogens (tertiary/aromatic N) is 5. The fourth-order valence-electron chi connectivity index (χ4n) is 2.57. The molecule has 3 heterocycles. The quantitative estimate of drug-likeness (QED) is 0.549. The van der Waals surface area contributed by atoms with Crippen molar-refractivity contribution in [1.29, 1.82) is 0 Å².